The van der Waals surface area contributed by atoms with Crippen LogP contribution in [0, 0.1) is 0 Å². The second-order valence-electron chi connectivity index (χ2n) is 5.80. The molecule has 1 heterocycles. The minimum absolute atomic E-state index is 0.0706. The number of carbonyl (C=O) groups is 2. The molecule has 1 unspecified atom stereocenters. The highest BCUT2D eigenvalue weighted by atomic mass is 35.5. The van der Waals surface area contributed by atoms with Crippen molar-refractivity contribution in [1.29, 1.82) is 0 Å². The Morgan fingerprint density at radius 2 is 1.93 bits per heavy atom. The van der Waals surface area contributed by atoms with Crippen molar-refractivity contribution in [3.63, 3.8) is 0 Å². The molecule has 0 fully saturated rings. The highest BCUT2D eigenvalue weighted by molar-refractivity contribution is 6.30. The van der Waals surface area contributed by atoms with Gasteiger partial charge in [0.05, 0.1) is 13.2 Å². The van der Waals surface area contributed by atoms with Gasteiger partial charge in [-0.3, -0.25) is 9.59 Å². The number of hydrogen-bond donors (Lipinski definition) is 2. The number of carbonyl (C=O) groups excluding carboxylic acids is 1. The van der Waals surface area contributed by atoms with Gasteiger partial charge in [-0.2, -0.15) is 5.10 Å². The van der Waals surface area contributed by atoms with Crippen LogP contribution in [-0.2, 0) is 21.6 Å². The highest BCUT2D eigenvalue weighted by Gasteiger charge is 2.40. The van der Waals surface area contributed by atoms with Crippen molar-refractivity contribution < 1.29 is 19.4 Å². The van der Waals surface area contributed by atoms with Crippen molar-refractivity contribution in [3.8, 4) is 0 Å². The van der Waals surface area contributed by atoms with E-state index in [1.54, 1.807) is 31.2 Å². The molecular weight excluding hydrogens is 374 g/mol. The van der Waals surface area contributed by atoms with Crippen LogP contribution in [0.15, 0.2) is 41.2 Å². The first kappa shape index (κ1) is 20.6. The van der Waals surface area contributed by atoms with Gasteiger partial charge in [0.25, 0.3) is 11.5 Å². The maximum Gasteiger partial charge on any atom is 0.334 e. The molecule has 0 aliphatic heterocycles. The number of carboxylic acid groups (broad SMARTS) is 1. The van der Waals surface area contributed by atoms with Gasteiger partial charge in [-0.1, -0.05) is 30.7 Å². The number of aliphatic carboxylic acids is 1. The SMILES string of the molecule is CCC(NC(=O)c1ccc(=O)n(CCOC)n1)(C(=O)O)c1ccc(Cl)cc1. The first-order valence-electron chi connectivity index (χ1n) is 8.23. The summed E-state index contributed by atoms with van der Waals surface area (Å²) in [7, 11) is 1.48. The van der Waals surface area contributed by atoms with Crippen molar-refractivity contribution in [2.75, 3.05) is 13.7 Å². The van der Waals surface area contributed by atoms with Gasteiger partial charge in [0, 0.05) is 18.2 Å². The van der Waals surface area contributed by atoms with Crippen LogP contribution in [-0.4, -0.2) is 40.5 Å². The summed E-state index contributed by atoms with van der Waals surface area (Å²) < 4.78 is 6.00. The molecule has 27 heavy (non-hydrogen) atoms. The van der Waals surface area contributed by atoms with Crippen LogP contribution < -0.4 is 10.9 Å². The van der Waals surface area contributed by atoms with Gasteiger partial charge in [0.15, 0.2) is 5.54 Å². The van der Waals surface area contributed by atoms with Crippen molar-refractivity contribution in [1.82, 2.24) is 15.1 Å². The summed E-state index contributed by atoms with van der Waals surface area (Å²) in [4.78, 5) is 36.5. The van der Waals surface area contributed by atoms with Crippen LogP contribution in [0.25, 0.3) is 0 Å². The van der Waals surface area contributed by atoms with Crippen molar-refractivity contribution in [2.45, 2.75) is 25.4 Å². The van der Waals surface area contributed by atoms with E-state index in [1.807, 2.05) is 0 Å². The summed E-state index contributed by atoms with van der Waals surface area (Å²) in [6.45, 7) is 2.07. The molecule has 0 saturated heterocycles. The summed E-state index contributed by atoms with van der Waals surface area (Å²) in [6, 6.07) is 8.67. The van der Waals surface area contributed by atoms with E-state index in [0.29, 0.717) is 10.6 Å². The van der Waals surface area contributed by atoms with Gasteiger partial charge in [0.1, 0.15) is 5.69 Å². The number of nitrogens with one attached hydrogen (secondary N) is 1. The van der Waals surface area contributed by atoms with Crippen LogP contribution in [0.5, 0.6) is 0 Å². The lowest BCUT2D eigenvalue weighted by Crippen LogP contribution is -2.51. The molecule has 0 aliphatic carbocycles. The lowest BCUT2D eigenvalue weighted by atomic mass is 9.87. The molecule has 0 spiro atoms. The Bertz CT molecular complexity index is 881. The fourth-order valence-corrected chi connectivity index (χ4v) is 2.72. The molecule has 2 aromatic rings. The Labute approximate surface area is 160 Å². The smallest absolute Gasteiger partial charge is 0.334 e. The number of halogens is 1. The molecule has 9 heteroatoms. The lowest BCUT2D eigenvalue weighted by molar-refractivity contribution is -0.145. The third-order valence-corrected chi connectivity index (χ3v) is 4.42. The Hall–Kier alpha value is -2.71. The van der Waals surface area contributed by atoms with Crippen LogP contribution in [0.3, 0.4) is 0 Å². The molecule has 144 valence electrons. The number of carboxylic acids is 1. The molecular formula is C18H20ClN3O5. The van der Waals surface area contributed by atoms with Crippen molar-refractivity contribution in [3.05, 3.63) is 63.0 Å². The number of hydrogen-bond acceptors (Lipinski definition) is 5. The molecule has 0 aliphatic rings. The van der Waals surface area contributed by atoms with E-state index in [9.17, 15) is 19.5 Å². The molecule has 1 aromatic carbocycles. The average molecular weight is 394 g/mol. The van der Waals surface area contributed by atoms with Gasteiger partial charge >= 0.3 is 5.97 Å². The van der Waals surface area contributed by atoms with Crippen molar-refractivity contribution >= 4 is 23.5 Å². The topological polar surface area (TPSA) is 111 Å². The highest BCUT2D eigenvalue weighted by Crippen LogP contribution is 2.27. The predicted octanol–water partition coefficient (Wildman–Crippen LogP) is 1.66. The van der Waals surface area contributed by atoms with Crippen LogP contribution in [0.1, 0.15) is 29.4 Å². The molecule has 8 nitrogen and oxygen atoms in total. The van der Waals surface area contributed by atoms with Gasteiger partial charge in [0.2, 0.25) is 0 Å². The molecule has 1 aromatic heterocycles. The fourth-order valence-electron chi connectivity index (χ4n) is 2.59. The first-order chi connectivity index (χ1) is 12.8. The number of nitrogens with zero attached hydrogens (tertiary/aromatic N) is 2. The Morgan fingerprint density at radius 3 is 2.48 bits per heavy atom. The molecule has 0 bridgehead atoms. The van der Waals surface area contributed by atoms with E-state index in [-0.39, 0.29) is 30.8 Å². The normalized spacial score (nSPS) is 13.0. The Balaban J connectivity index is 2.38. The van der Waals surface area contributed by atoms with E-state index in [0.717, 1.165) is 4.68 Å². The quantitative estimate of drug-likeness (QED) is 0.705. The number of rotatable bonds is 8. The molecule has 2 rings (SSSR count). The summed E-state index contributed by atoms with van der Waals surface area (Å²) >= 11 is 5.87. The number of benzene rings is 1. The summed E-state index contributed by atoms with van der Waals surface area (Å²) in [5.74, 6) is -1.92. The van der Waals surface area contributed by atoms with Gasteiger partial charge in [-0.15, -0.1) is 0 Å². The molecule has 1 atom stereocenters. The number of amides is 1. The molecule has 2 N–H and O–H groups in total. The monoisotopic (exact) mass is 393 g/mol. The summed E-state index contributed by atoms with van der Waals surface area (Å²) in [5.41, 5.74) is -1.74. The van der Waals surface area contributed by atoms with Gasteiger partial charge in [-0.05, 0) is 30.2 Å². The standard InChI is InChI=1S/C18H20ClN3O5/c1-3-18(17(25)26,12-4-6-13(19)7-5-12)20-16(24)14-8-9-15(23)22(21-14)10-11-27-2/h4-9H,3,10-11H2,1-2H3,(H,20,24)(H,25,26). The third-order valence-electron chi connectivity index (χ3n) is 4.17. The maximum absolute atomic E-state index is 12.7. The third kappa shape index (κ3) is 4.53. The maximum atomic E-state index is 12.7. The van der Waals surface area contributed by atoms with Crippen molar-refractivity contribution in [2.24, 2.45) is 0 Å². The molecule has 1 amide bonds. The summed E-state index contributed by atoms with van der Waals surface area (Å²) in [5, 5.41) is 16.8. The number of methoxy groups -OCH3 is 1. The van der Waals surface area contributed by atoms with Crippen LogP contribution in [0.2, 0.25) is 5.02 Å². The number of ether oxygens (including phenoxy) is 1. The van der Waals surface area contributed by atoms with E-state index in [4.69, 9.17) is 16.3 Å². The van der Waals surface area contributed by atoms with E-state index < -0.39 is 17.4 Å². The lowest BCUT2D eigenvalue weighted by Gasteiger charge is -2.30. The summed E-state index contributed by atoms with van der Waals surface area (Å²) in [6.07, 6.45) is 0.0962. The second kappa shape index (κ2) is 8.79. The zero-order valence-corrected chi connectivity index (χ0v) is 15.7. The van der Waals surface area contributed by atoms with Gasteiger partial charge < -0.3 is 15.2 Å². The zero-order chi connectivity index (χ0) is 20.0. The van der Waals surface area contributed by atoms with E-state index in [2.05, 4.69) is 10.4 Å². The largest absolute Gasteiger partial charge is 0.479 e. The Morgan fingerprint density at radius 1 is 1.26 bits per heavy atom. The van der Waals surface area contributed by atoms with Gasteiger partial charge in [-0.25, -0.2) is 9.48 Å². The number of aromatic nitrogens is 2. The minimum Gasteiger partial charge on any atom is -0.479 e. The Kier molecular flexibility index (Phi) is 6.70. The fraction of sp³-hybridized carbons (Fsp3) is 0.333. The predicted molar refractivity (Wildman–Crippen MR) is 98.9 cm³/mol. The second-order valence-corrected chi connectivity index (χ2v) is 6.23. The van der Waals surface area contributed by atoms with E-state index >= 15 is 0 Å². The van der Waals surface area contributed by atoms with Crippen LogP contribution in [0.4, 0.5) is 0 Å². The first-order valence-corrected chi connectivity index (χ1v) is 8.61. The van der Waals surface area contributed by atoms with Crippen LogP contribution >= 0.6 is 11.6 Å². The molecule has 0 radical (unpaired) electrons. The minimum atomic E-state index is -1.66. The van der Waals surface area contributed by atoms with E-state index in [1.165, 1.54) is 19.2 Å². The molecule has 0 saturated carbocycles. The zero-order valence-electron chi connectivity index (χ0n) is 14.9. The average Bonchev–Trinajstić information content (AvgIpc) is 2.65.